The van der Waals surface area contributed by atoms with Gasteiger partial charge in [-0.1, -0.05) is 11.8 Å². The van der Waals surface area contributed by atoms with Crippen molar-refractivity contribution in [3.63, 3.8) is 0 Å². The maximum absolute atomic E-state index is 13.6. The number of hydrogen-bond acceptors (Lipinski definition) is 5. The Labute approximate surface area is 152 Å². The number of nitrogens with one attached hydrogen (secondary N) is 2. The van der Waals surface area contributed by atoms with E-state index in [0.29, 0.717) is 23.5 Å². The maximum Gasteiger partial charge on any atom is 0.240 e. The summed E-state index contributed by atoms with van der Waals surface area (Å²) in [5.74, 6) is -2.48. The van der Waals surface area contributed by atoms with Gasteiger partial charge in [0.1, 0.15) is 18.2 Å². The molecule has 0 saturated carbocycles. The van der Waals surface area contributed by atoms with Gasteiger partial charge in [0.15, 0.2) is 5.16 Å². The van der Waals surface area contributed by atoms with Crippen LogP contribution >= 0.6 is 11.8 Å². The molecule has 0 fully saturated rings. The van der Waals surface area contributed by atoms with Crippen LogP contribution in [0.15, 0.2) is 29.6 Å². The zero-order valence-corrected chi connectivity index (χ0v) is 14.8. The summed E-state index contributed by atoms with van der Waals surface area (Å²) < 4.78 is 27.9. The zero-order chi connectivity index (χ0) is 19.1. The fourth-order valence-electron chi connectivity index (χ4n) is 2.11. The van der Waals surface area contributed by atoms with E-state index in [2.05, 4.69) is 15.6 Å². The number of carbonyl (C=O) groups excluding carboxylic acids is 2. The normalized spacial score (nSPS) is 10.6. The average Bonchev–Trinajstić information content (AvgIpc) is 2.97. The van der Waals surface area contributed by atoms with Crippen molar-refractivity contribution in [3.05, 3.63) is 41.7 Å². The maximum atomic E-state index is 13.6. The second-order valence-corrected chi connectivity index (χ2v) is 6.13. The lowest BCUT2D eigenvalue weighted by molar-refractivity contribution is -0.121. The van der Waals surface area contributed by atoms with E-state index < -0.39 is 17.5 Å². The van der Waals surface area contributed by atoms with Gasteiger partial charge in [-0.15, -0.1) is 0 Å². The number of rotatable bonds is 8. The van der Waals surface area contributed by atoms with Gasteiger partial charge >= 0.3 is 0 Å². The zero-order valence-electron chi connectivity index (χ0n) is 14.0. The first-order valence-corrected chi connectivity index (χ1v) is 8.72. The molecule has 0 radical (unpaired) electrons. The van der Waals surface area contributed by atoms with Crippen LogP contribution in [0.3, 0.4) is 0 Å². The third-order valence-electron chi connectivity index (χ3n) is 3.28. The third-order valence-corrected chi connectivity index (χ3v) is 4.27. The summed E-state index contributed by atoms with van der Waals surface area (Å²) >= 11 is 1.03. The summed E-state index contributed by atoms with van der Waals surface area (Å²) in [7, 11) is 0. The molecule has 0 spiro atoms. The van der Waals surface area contributed by atoms with Gasteiger partial charge in [0, 0.05) is 12.6 Å². The Hall–Kier alpha value is -2.46. The molecule has 0 aliphatic carbocycles. The van der Waals surface area contributed by atoms with Crippen molar-refractivity contribution < 1.29 is 23.5 Å². The SMILES string of the molecule is CCNC(=O)Cn1c(CO)cnc1SCC(=O)Nc1ccc(F)cc1F. The van der Waals surface area contributed by atoms with Crippen LogP contribution in [-0.2, 0) is 22.7 Å². The van der Waals surface area contributed by atoms with Crippen LogP contribution < -0.4 is 10.6 Å². The summed E-state index contributed by atoms with van der Waals surface area (Å²) in [4.78, 5) is 27.8. The topological polar surface area (TPSA) is 96.2 Å². The number of nitrogens with zero attached hydrogens (tertiary/aromatic N) is 2. The molecular weight excluding hydrogens is 366 g/mol. The van der Waals surface area contributed by atoms with Crippen LogP contribution in [0, 0.1) is 11.6 Å². The molecule has 0 bridgehead atoms. The molecule has 7 nitrogen and oxygen atoms in total. The number of benzene rings is 1. The highest BCUT2D eigenvalue weighted by Gasteiger charge is 2.15. The van der Waals surface area contributed by atoms with Crippen LogP contribution in [0.25, 0.3) is 0 Å². The Morgan fingerprint density at radius 3 is 2.73 bits per heavy atom. The standard InChI is InChI=1S/C16H18F2N4O3S/c1-2-19-14(24)7-22-11(8-23)6-20-16(22)26-9-15(25)21-13-4-3-10(17)5-12(13)18/h3-6,23H,2,7-9H2,1H3,(H,19,24)(H,21,25). The van der Waals surface area contributed by atoms with E-state index in [1.54, 1.807) is 6.92 Å². The first-order valence-electron chi connectivity index (χ1n) is 7.74. The molecule has 2 amide bonds. The van der Waals surface area contributed by atoms with Crippen molar-refractivity contribution in [3.8, 4) is 0 Å². The molecule has 0 atom stereocenters. The fraction of sp³-hybridized carbons (Fsp3) is 0.312. The molecule has 0 aliphatic rings. The predicted molar refractivity (Wildman–Crippen MR) is 92.5 cm³/mol. The molecule has 0 saturated heterocycles. The number of imidazole rings is 1. The lowest BCUT2D eigenvalue weighted by Crippen LogP contribution is -2.28. The molecule has 3 N–H and O–H groups in total. The minimum atomic E-state index is -0.872. The van der Waals surface area contributed by atoms with Gasteiger partial charge in [0.25, 0.3) is 0 Å². The summed E-state index contributed by atoms with van der Waals surface area (Å²) in [6.07, 6.45) is 1.42. The first-order chi connectivity index (χ1) is 12.4. The summed E-state index contributed by atoms with van der Waals surface area (Å²) in [6, 6.07) is 2.85. The van der Waals surface area contributed by atoms with Crippen LogP contribution in [0.5, 0.6) is 0 Å². The molecule has 0 aliphatic heterocycles. The quantitative estimate of drug-likeness (QED) is 0.600. The number of thioether (sulfide) groups is 1. The number of anilines is 1. The van der Waals surface area contributed by atoms with E-state index in [1.807, 2.05) is 0 Å². The molecule has 2 aromatic rings. The van der Waals surface area contributed by atoms with Crippen LogP contribution in [0.4, 0.5) is 14.5 Å². The largest absolute Gasteiger partial charge is 0.390 e. The fourth-order valence-corrected chi connectivity index (χ4v) is 2.90. The number of hydrogen-bond donors (Lipinski definition) is 3. The minimum absolute atomic E-state index is 0.0414. The predicted octanol–water partition coefficient (Wildman–Crippen LogP) is 1.52. The number of aliphatic hydroxyl groups excluding tert-OH is 1. The summed E-state index contributed by atoms with van der Waals surface area (Å²) in [6.45, 7) is 1.91. The minimum Gasteiger partial charge on any atom is -0.390 e. The Morgan fingerprint density at radius 1 is 1.31 bits per heavy atom. The number of likely N-dealkylation sites (N-methyl/N-ethyl adjacent to an activating group) is 1. The number of carbonyl (C=O) groups is 2. The van der Waals surface area contributed by atoms with E-state index >= 15 is 0 Å². The molecule has 2 rings (SSSR count). The van der Waals surface area contributed by atoms with E-state index in [1.165, 1.54) is 10.8 Å². The van der Waals surface area contributed by atoms with Crippen molar-refractivity contribution in [2.45, 2.75) is 25.2 Å². The smallest absolute Gasteiger partial charge is 0.240 e. The van der Waals surface area contributed by atoms with Crippen molar-refractivity contribution in [2.75, 3.05) is 17.6 Å². The lowest BCUT2D eigenvalue weighted by atomic mass is 10.3. The monoisotopic (exact) mass is 384 g/mol. The van der Waals surface area contributed by atoms with Crippen LogP contribution in [0.2, 0.25) is 0 Å². The average molecular weight is 384 g/mol. The van der Waals surface area contributed by atoms with E-state index in [-0.39, 0.29) is 30.5 Å². The Balaban J connectivity index is 2.01. The second kappa shape index (κ2) is 9.30. The Kier molecular flexibility index (Phi) is 7.10. The molecule has 1 aromatic heterocycles. The van der Waals surface area contributed by atoms with Gasteiger partial charge in [-0.05, 0) is 19.1 Å². The highest BCUT2D eigenvalue weighted by Crippen LogP contribution is 2.20. The lowest BCUT2D eigenvalue weighted by Gasteiger charge is -2.10. The van der Waals surface area contributed by atoms with Gasteiger partial charge in [0.2, 0.25) is 11.8 Å². The molecular formula is C16H18F2N4O3S. The Bertz CT molecular complexity index is 798. The van der Waals surface area contributed by atoms with Crippen molar-refractivity contribution in [2.24, 2.45) is 0 Å². The van der Waals surface area contributed by atoms with Gasteiger partial charge in [-0.2, -0.15) is 0 Å². The second-order valence-electron chi connectivity index (χ2n) is 5.19. The highest BCUT2D eigenvalue weighted by atomic mass is 32.2. The molecule has 1 aromatic carbocycles. The van der Waals surface area contributed by atoms with Crippen LogP contribution in [-0.4, -0.2) is 38.8 Å². The van der Waals surface area contributed by atoms with Gasteiger partial charge in [-0.25, -0.2) is 13.8 Å². The number of amides is 2. The van der Waals surface area contributed by atoms with Crippen molar-refractivity contribution in [1.82, 2.24) is 14.9 Å². The highest BCUT2D eigenvalue weighted by molar-refractivity contribution is 7.99. The van der Waals surface area contributed by atoms with E-state index in [4.69, 9.17) is 0 Å². The van der Waals surface area contributed by atoms with E-state index in [9.17, 15) is 23.5 Å². The van der Waals surface area contributed by atoms with Gasteiger partial charge in [-0.3, -0.25) is 9.59 Å². The number of aromatic nitrogens is 2. The van der Waals surface area contributed by atoms with Gasteiger partial charge < -0.3 is 20.3 Å². The molecule has 1 heterocycles. The molecule has 140 valence electrons. The van der Waals surface area contributed by atoms with Crippen LogP contribution in [0.1, 0.15) is 12.6 Å². The summed E-state index contributed by atoms with van der Waals surface area (Å²) in [5, 5.41) is 14.7. The number of aliphatic hydroxyl groups is 1. The molecule has 10 heteroatoms. The van der Waals surface area contributed by atoms with Crippen molar-refractivity contribution >= 4 is 29.3 Å². The van der Waals surface area contributed by atoms with Gasteiger partial charge in [0.05, 0.1) is 29.9 Å². The molecule has 26 heavy (non-hydrogen) atoms. The summed E-state index contributed by atoms with van der Waals surface area (Å²) in [5.41, 5.74) is 0.308. The first kappa shape index (κ1) is 19.9. The number of halogens is 2. The van der Waals surface area contributed by atoms with E-state index in [0.717, 1.165) is 23.9 Å². The third kappa shape index (κ3) is 5.27. The molecule has 0 unspecified atom stereocenters. The Morgan fingerprint density at radius 2 is 2.08 bits per heavy atom. The van der Waals surface area contributed by atoms with Crippen molar-refractivity contribution in [1.29, 1.82) is 0 Å².